The first kappa shape index (κ1) is 22.1. The Balaban J connectivity index is 0.00000280. The van der Waals surface area contributed by atoms with Crippen molar-refractivity contribution in [1.29, 1.82) is 0 Å². The van der Waals surface area contributed by atoms with E-state index in [1.54, 1.807) is 28.8 Å². The van der Waals surface area contributed by atoms with Gasteiger partial charge in [0, 0.05) is 30.0 Å². The highest BCUT2D eigenvalue weighted by Crippen LogP contribution is 2.26. The third-order valence-electron chi connectivity index (χ3n) is 4.35. The Bertz CT molecular complexity index is 871. The molecule has 1 aliphatic heterocycles. The third kappa shape index (κ3) is 5.42. The van der Waals surface area contributed by atoms with Crippen molar-refractivity contribution >= 4 is 51.1 Å². The van der Waals surface area contributed by atoms with Crippen molar-refractivity contribution < 1.29 is 9.72 Å². The molecule has 0 N–H and O–H groups in total. The van der Waals surface area contributed by atoms with Crippen LogP contribution in [0.15, 0.2) is 53.5 Å². The minimum Gasteiger partial charge on any atom is -0.313 e. The first-order valence-corrected chi connectivity index (χ1v) is 9.88. The van der Waals surface area contributed by atoms with Crippen LogP contribution < -0.4 is 4.90 Å². The summed E-state index contributed by atoms with van der Waals surface area (Å²) in [5.74, 6) is 0.877. The molecule has 3 rings (SSSR count). The lowest BCUT2D eigenvalue weighted by molar-refractivity contribution is -0.384. The highest BCUT2D eigenvalue weighted by atomic mass is 79.9. The van der Waals surface area contributed by atoms with Gasteiger partial charge >= 0.3 is 0 Å². The van der Waals surface area contributed by atoms with Crippen molar-refractivity contribution in [3.05, 3.63) is 69.8 Å². The topological polar surface area (TPSA) is 75.8 Å². The minimum atomic E-state index is -0.428. The van der Waals surface area contributed by atoms with Crippen LogP contribution in [0, 0.1) is 10.1 Å². The van der Waals surface area contributed by atoms with Crippen LogP contribution in [0.25, 0.3) is 0 Å². The summed E-state index contributed by atoms with van der Waals surface area (Å²) in [6.45, 7) is 2.87. The normalized spacial score (nSPS) is 13.2. The van der Waals surface area contributed by atoms with Crippen molar-refractivity contribution in [3.63, 3.8) is 0 Å². The molecule has 0 spiro atoms. The Hall–Kier alpha value is -2.19. The molecule has 0 unspecified atom stereocenters. The summed E-state index contributed by atoms with van der Waals surface area (Å²) in [6.07, 6.45) is 1.91. The minimum absolute atomic E-state index is 0. The second-order valence-corrected chi connectivity index (χ2v) is 7.27. The van der Waals surface area contributed by atoms with Crippen LogP contribution in [0.4, 0.5) is 11.4 Å². The first-order chi connectivity index (χ1) is 13.1. The number of benzene rings is 2. The molecular weight excluding hydrogens is 442 g/mol. The number of hydrogen-bond acceptors (Lipinski definition) is 6. The molecular formula is C20H22BrN3O3S. The number of non-ortho nitro benzene ring substituents is 1. The molecule has 1 aliphatic rings. The van der Waals surface area contributed by atoms with Gasteiger partial charge in [-0.3, -0.25) is 19.9 Å². The van der Waals surface area contributed by atoms with Gasteiger partial charge < -0.3 is 4.90 Å². The van der Waals surface area contributed by atoms with Gasteiger partial charge in [0.05, 0.1) is 17.2 Å². The summed E-state index contributed by atoms with van der Waals surface area (Å²) >= 11 is 1.58. The SMILES string of the molecule is Br.CCc1ccc(C(=O)CN(C2=NCCCS2)c2cccc([N+](=O)[O-])c2)cc1. The number of aryl methyl sites for hydroxylation is 1. The van der Waals surface area contributed by atoms with Crippen LogP contribution >= 0.6 is 28.7 Å². The predicted molar refractivity (Wildman–Crippen MR) is 120 cm³/mol. The fraction of sp³-hybridized carbons (Fsp3) is 0.300. The lowest BCUT2D eigenvalue weighted by Crippen LogP contribution is -2.35. The molecule has 148 valence electrons. The van der Waals surface area contributed by atoms with Crippen LogP contribution in [-0.4, -0.2) is 34.7 Å². The molecule has 2 aromatic rings. The molecule has 0 atom stereocenters. The molecule has 0 bridgehead atoms. The highest BCUT2D eigenvalue weighted by molar-refractivity contribution is 8.93. The summed E-state index contributed by atoms with van der Waals surface area (Å²) < 4.78 is 0. The second kappa shape index (κ2) is 10.4. The molecule has 8 heteroatoms. The number of nitro groups is 1. The van der Waals surface area contributed by atoms with Gasteiger partial charge in [-0.2, -0.15) is 0 Å². The Kier molecular flexibility index (Phi) is 8.19. The van der Waals surface area contributed by atoms with Gasteiger partial charge in [-0.1, -0.05) is 49.0 Å². The van der Waals surface area contributed by atoms with E-state index in [1.807, 2.05) is 24.3 Å². The summed E-state index contributed by atoms with van der Waals surface area (Å²) in [4.78, 5) is 29.9. The lowest BCUT2D eigenvalue weighted by atomic mass is 10.1. The van der Waals surface area contributed by atoms with Crippen molar-refractivity contribution in [2.24, 2.45) is 4.99 Å². The fourth-order valence-electron chi connectivity index (χ4n) is 2.82. The summed E-state index contributed by atoms with van der Waals surface area (Å²) in [6, 6.07) is 13.9. The zero-order chi connectivity index (χ0) is 19.2. The number of aliphatic imine (C=N–C) groups is 1. The summed E-state index contributed by atoms with van der Waals surface area (Å²) in [5.41, 5.74) is 2.41. The molecule has 0 saturated carbocycles. The monoisotopic (exact) mass is 463 g/mol. The van der Waals surface area contributed by atoms with Crippen LogP contribution in [0.1, 0.15) is 29.3 Å². The maximum Gasteiger partial charge on any atom is 0.271 e. The standard InChI is InChI=1S/C20H21N3O3S.BrH/c1-2-15-7-9-16(10-8-15)19(24)14-22(20-21-11-4-12-27-20)17-5-3-6-18(13-17)23(25)26;/h3,5-10,13H,2,4,11-12,14H2,1H3;1H. The van der Waals surface area contributed by atoms with Gasteiger partial charge in [-0.05, 0) is 24.5 Å². The smallest absolute Gasteiger partial charge is 0.271 e. The van der Waals surface area contributed by atoms with Crippen molar-refractivity contribution in [2.75, 3.05) is 23.7 Å². The number of amidine groups is 1. The first-order valence-electron chi connectivity index (χ1n) is 8.90. The number of nitrogens with zero attached hydrogens (tertiary/aromatic N) is 3. The number of hydrogen-bond donors (Lipinski definition) is 0. The molecule has 0 saturated heterocycles. The number of Topliss-reactive ketones (excluding diaryl/α,β-unsaturated/α-hetero) is 1. The molecule has 6 nitrogen and oxygen atoms in total. The molecule has 1 heterocycles. The van der Waals surface area contributed by atoms with Gasteiger partial charge in [0.15, 0.2) is 11.0 Å². The van der Waals surface area contributed by atoms with E-state index in [0.29, 0.717) is 17.8 Å². The van der Waals surface area contributed by atoms with Crippen molar-refractivity contribution in [1.82, 2.24) is 0 Å². The van der Waals surface area contributed by atoms with E-state index in [2.05, 4.69) is 11.9 Å². The van der Waals surface area contributed by atoms with E-state index in [9.17, 15) is 14.9 Å². The maximum atomic E-state index is 12.8. The van der Waals surface area contributed by atoms with Gasteiger partial charge in [-0.25, -0.2) is 0 Å². The number of ketones is 1. The molecule has 0 amide bonds. The molecule has 0 aliphatic carbocycles. The van der Waals surface area contributed by atoms with Crippen LogP contribution in [-0.2, 0) is 6.42 Å². The Morgan fingerprint density at radius 3 is 2.61 bits per heavy atom. The summed E-state index contributed by atoms with van der Waals surface area (Å²) in [7, 11) is 0. The number of nitro benzene ring substituents is 1. The maximum absolute atomic E-state index is 12.8. The van der Waals surface area contributed by atoms with E-state index in [-0.39, 0.29) is 35.0 Å². The average Bonchev–Trinajstić information content (AvgIpc) is 2.72. The lowest BCUT2D eigenvalue weighted by Gasteiger charge is -2.27. The van der Waals surface area contributed by atoms with Gasteiger partial charge in [0.2, 0.25) is 0 Å². The molecule has 28 heavy (non-hydrogen) atoms. The number of carbonyl (C=O) groups is 1. The van der Waals surface area contributed by atoms with E-state index >= 15 is 0 Å². The Labute approximate surface area is 179 Å². The predicted octanol–water partition coefficient (Wildman–Crippen LogP) is 4.92. The van der Waals surface area contributed by atoms with Gasteiger partial charge in [-0.15, -0.1) is 17.0 Å². The number of thioether (sulfide) groups is 1. The largest absolute Gasteiger partial charge is 0.313 e. The van der Waals surface area contributed by atoms with E-state index in [1.165, 1.54) is 17.7 Å². The average molecular weight is 464 g/mol. The zero-order valence-corrected chi connectivity index (χ0v) is 18.1. The second-order valence-electron chi connectivity index (χ2n) is 6.20. The summed E-state index contributed by atoms with van der Waals surface area (Å²) in [5, 5.41) is 11.9. The molecule has 0 radical (unpaired) electrons. The van der Waals surface area contributed by atoms with Crippen LogP contribution in [0.3, 0.4) is 0 Å². The number of carbonyl (C=O) groups excluding carboxylic acids is 1. The zero-order valence-electron chi connectivity index (χ0n) is 15.5. The quantitative estimate of drug-likeness (QED) is 0.345. The van der Waals surface area contributed by atoms with E-state index < -0.39 is 4.92 Å². The number of anilines is 1. The number of rotatable bonds is 6. The third-order valence-corrected chi connectivity index (χ3v) is 5.45. The highest BCUT2D eigenvalue weighted by Gasteiger charge is 2.22. The fourth-order valence-corrected chi connectivity index (χ4v) is 3.78. The number of halogens is 1. The van der Waals surface area contributed by atoms with E-state index in [0.717, 1.165) is 23.8 Å². The van der Waals surface area contributed by atoms with Crippen LogP contribution in [0.5, 0.6) is 0 Å². The Morgan fingerprint density at radius 2 is 2.00 bits per heavy atom. The molecule has 0 fully saturated rings. The van der Waals surface area contributed by atoms with Gasteiger partial charge in [0.1, 0.15) is 0 Å². The van der Waals surface area contributed by atoms with E-state index in [4.69, 9.17) is 0 Å². The van der Waals surface area contributed by atoms with Crippen LogP contribution in [0.2, 0.25) is 0 Å². The Morgan fingerprint density at radius 1 is 1.25 bits per heavy atom. The van der Waals surface area contributed by atoms with Crippen molar-refractivity contribution in [3.8, 4) is 0 Å². The molecule has 2 aromatic carbocycles. The molecule has 0 aromatic heterocycles. The van der Waals surface area contributed by atoms with Crippen molar-refractivity contribution in [2.45, 2.75) is 19.8 Å². The van der Waals surface area contributed by atoms with Gasteiger partial charge in [0.25, 0.3) is 5.69 Å².